The molecule has 0 aliphatic carbocycles. The Hall–Kier alpha value is -1.03. The van der Waals surface area contributed by atoms with E-state index in [4.69, 9.17) is 28.9 Å². The third-order valence-corrected chi connectivity index (χ3v) is 3.65. The van der Waals surface area contributed by atoms with Crippen LogP contribution < -0.4 is 5.73 Å². The van der Waals surface area contributed by atoms with Gasteiger partial charge in [-0.3, -0.25) is 4.79 Å². The normalized spacial score (nSPS) is 10.4. The predicted molar refractivity (Wildman–Crippen MR) is 68.6 cm³/mol. The maximum Gasteiger partial charge on any atom is 0.205 e. The first-order valence-corrected chi connectivity index (χ1v) is 6.01. The molecule has 5 heteroatoms. The Morgan fingerprint density at radius 3 is 2.56 bits per heavy atom. The fourth-order valence-corrected chi connectivity index (χ4v) is 2.48. The lowest BCUT2D eigenvalue weighted by Crippen LogP contribution is -2.03. The molecule has 1 aromatic carbocycles. The second-order valence-electron chi connectivity index (χ2n) is 3.13. The SMILES string of the molecule is Nc1c(Cl)cccc1C(=O)c1ccc(Cl)s1. The van der Waals surface area contributed by atoms with E-state index in [1.54, 1.807) is 30.3 Å². The minimum atomic E-state index is -0.156. The van der Waals surface area contributed by atoms with Gasteiger partial charge in [-0.05, 0) is 24.3 Å². The van der Waals surface area contributed by atoms with Crippen LogP contribution in [0.25, 0.3) is 0 Å². The second kappa shape index (κ2) is 4.45. The number of nitrogens with two attached hydrogens (primary N) is 1. The van der Waals surface area contributed by atoms with Crippen molar-refractivity contribution in [1.29, 1.82) is 0 Å². The van der Waals surface area contributed by atoms with Crippen LogP contribution in [-0.4, -0.2) is 5.78 Å². The van der Waals surface area contributed by atoms with Gasteiger partial charge in [-0.25, -0.2) is 0 Å². The van der Waals surface area contributed by atoms with Crippen LogP contribution in [0.1, 0.15) is 15.2 Å². The van der Waals surface area contributed by atoms with Gasteiger partial charge in [0.1, 0.15) is 0 Å². The molecule has 0 amide bonds. The summed E-state index contributed by atoms with van der Waals surface area (Å²) in [4.78, 5) is 12.6. The summed E-state index contributed by atoms with van der Waals surface area (Å²) in [5.74, 6) is -0.156. The maximum absolute atomic E-state index is 12.0. The van der Waals surface area contributed by atoms with Crippen molar-refractivity contribution in [2.75, 3.05) is 5.73 Å². The zero-order valence-corrected chi connectivity index (χ0v) is 10.4. The van der Waals surface area contributed by atoms with Crippen LogP contribution in [0.3, 0.4) is 0 Å². The summed E-state index contributed by atoms with van der Waals surface area (Å²) in [7, 11) is 0. The summed E-state index contributed by atoms with van der Waals surface area (Å²) in [6, 6.07) is 8.35. The first-order chi connectivity index (χ1) is 7.59. The van der Waals surface area contributed by atoms with Crippen LogP contribution in [0.4, 0.5) is 5.69 Å². The molecule has 82 valence electrons. The molecule has 16 heavy (non-hydrogen) atoms. The number of carbonyl (C=O) groups excluding carboxylic acids is 1. The number of hydrogen-bond acceptors (Lipinski definition) is 3. The molecule has 0 saturated heterocycles. The fourth-order valence-electron chi connectivity index (χ4n) is 1.30. The lowest BCUT2D eigenvalue weighted by molar-refractivity contribution is 0.104. The van der Waals surface area contributed by atoms with E-state index in [-0.39, 0.29) is 5.78 Å². The highest BCUT2D eigenvalue weighted by Gasteiger charge is 2.15. The number of rotatable bonds is 2. The summed E-state index contributed by atoms with van der Waals surface area (Å²) in [5, 5.41) is 0.383. The Morgan fingerprint density at radius 2 is 1.94 bits per heavy atom. The summed E-state index contributed by atoms with van der Waals surface area (Å²) >= 11 is 12.8. The summed E-state index contributed by atoms with van der Waals surface area (Å²) < 4.78 is 0.573. The number of nitrogen functional groups attached to an aromatic ring is 1. The minimum absolute atomic E-state index is 0.156. The van der Waals surface area contributed by atoms with E-state index in [2.05, 4.69) is 0 Å². The van der Waals surface area contributed by atoms with E-state index in [0.29, 0.717) is 25.5 Å². The van der Waals surface area contributed by atoms with Crippen LogP contribution in [0.15, 0.2) is 30.3 Å². The molecule has 0 bridgehead atoms. The van der Waals surface area contributed by atoms with Gasteiger partial charge in [0, 0.05) is 5.56 Å². The van der Waals surface area contributed by atoms with Crippen LogP contribution in [0.5, 0.6) is 0 Å². The van der Waals surface area contributed by atoms with Crippen LogP contribution in [-0.2, 0) is 0 Å². The van der Waals surface area contributed by atoms with E-state index < -0.39 is 0 Å². The molecule has 2 rings (SSSR count). The van der Waals surface area contributed by atoms with Gasteiger partial charge in [-0.2, -0.15) is 0 Å². The van der Waals surface area contributed by atoms with E-state index in [9.17, 15) is 4.79 Å². The van der Waals surface area contributed by atoms with Gasteiger partial charge in [0.15, 0.2) is 0 Å². The van der Waals surface area contributed by atoms with Crippen molar-refractivity contribution in [2.45, 2.75) is 0 Å². The first-order valence-electron chi connectivity index (χ1n) is 4.43. The fraction of sp³-hybridized carbons (Fsp3) is 0. The quantitative estimate of drug-likeness (QED) is 0.666. The molecule has 0 radical (unpaired) electrons. The zero-order valence-electron chi connectivity index (χ0n) is 8.04. The third-order valence-electron chi connectivity index (χ3n) is 2.09. The highest BCUT2D eigenvalue weighted by molar-refractivity contribution is 7.18. The lowest BCUT2D eigenvalue weighted by Gasteiger charge is -2.04. The Balaban J connectivity index is 2.45. The number of hydrogen-bond donors (Lipinski definition) is 1. The topological polar surface area (TPSA) is 43.1 Å². The van der Waals surface area contributed by atoms with Crippen LogP contribution >= 0.6 is 34.5 Å². The lowest BCUT2D eigenvalue weighted by atomic mass is 10.1. The minimum Gasteiger partial charge on any atom is -0.397 e. The molecule has 0 unspecified atom stereocenters. The van der Waals surface area contributed by atoms with Crippen molar-refractivity contribution in [3.05, 3.63) is 50.1 Å². The smallest absolute Gasteiger partial charge is 0.205 e. The number of anilines is 1. The average molecular weight is 272 g/mol. The molecule has 2 aromatic rings. The Bertz CT molecular complexity index is 551. The molecule has 1 heterocycles. The standard InChI is InChI=1S/C11H7Cl2NOS/c12-7-3-1-2-6(10(7)14)11(15)8-4-5-9(13)16-8/h1-5H,14H2. The van der Waals surface area contributed by atoms with E-state index in [0.717, 1.165) is 0 Å². The molecule has 0 spiro atoms. The Kier molecular flexibility index (Phi) is 3.19. The van der Waals surface area contributed by atoms with Crippen LogP contribution in [0, 0.1) is 0 Å². The Morgan fingerprint density at radius 1 is 1.19 bits per heavy atom. The molecule has 0 saturated carbocycles. The van der Waals surface area contributed by atoms with Gasteiger partial charge < -0.3 is 5.73 Å². The van der Waals surface area contributed by atoms with Gasteiger partial charge >= 0.3 is 0 Å². The first kappa shape index (κ1) is 11.5. The Labute approximate surface area is 107 Å². The van der Waals surface area contributed by atoms with E-state index >= 15 is 0 Å². The van der Waals surface area contributed by atoms with Crippen molar-refractivity contribution >= 4 is 46.0 Å². The number of thiophene rings is 1. The van der Waals surface area contributed by atoms with Gasteiger partial charge in [0.2, 0.25) is 5.78 Å². The largest absolute Gasteiger partial charge is 0.397 e. The molecule has 0 atom stereocenters. The molecule has 0 fully saturated rings. The molecular weight excluding hydrogens is 265 g/mol. The molecule has 0 aliphatic heterocycles. The van der Waals surface area contributed by atoms with Gasteiger partial charge in [-0.1, -0.05) is 29.3 Å². The van der Waals surface area contributed by atoms with Crippen molar-refractivity contribution in [3.63, 3.8) is 0 Å². The van der Waals surface area contributed by atoms with Crippen LogP contribution in [0.2, 0.25) is 9.36 Å². The van der Waals surface area contributed by atoms with Gasteiger partial charge in [-0.15, -0.1) is 11.3 Å². The highest BCUT2D eigenvalue weighted by atomic mass is 35.5. The number of ketones is 1. The number of carbonyl (C=O) groups is 1. The zero-order chi connectivity index (χ0) is 11.7. The summed E-state index contributed by atoms with van der Waals surface area (Å²) in [5.41, 5.74) is 6.46. The van der Waals surface area contributed by atoms with E-state index in [1.807, 2.05) is 0 Å². The molecule has 2 nitrogen and oxygen atoms in total. The molecule has 0 aliphatic rings. The summed E-state index contributed by atoms with van der Waals surface area (Å²) in [6.07, 6.45) is 0. The molecule has 2 N–H and O–H groups in total. The van der Waals surface area contributed by atoms with E-state index in [1.165, 1.54) is 11.3 Å². The van der Waals surface area contributed by atoms with Crippen molar-refractivity contribution in [1.82, 2.24) is 0 Å². The second-order valence-corrected chi connectivity index (χ2v) is 5.26. The monoisotopic (exact) mass is 271 g/mol. The molecule has 1 aromatic heterocycles. The molecular formula is C11H7Cl2NOS. The number of para-hydroxylation sites is 1. The van der Waals surface area contributed by atoms with Gasteiger partial charge in [0.05, 0.1) is 19.9 Å². The maximum atomic E-state index is 12.0. The summed E-state index contributed by atoms with van der Waals surface area (Å²) in [6.45, 7) is 0. The number of halogens is 2. The van der Waals surface area contributed by atoms with Crippen molar-refractivity contribution in [3.8, 4) is 0 Å². The third kappa shape index (κ3) is 2.07. The number of benzene rings is 1. The van der Waals surface area contributed by atoms with Gasteiger partial charge in [0.25, 0.3) is 0 Å². The highest BCUT2D eigenvalue weighted by Crippen LogP contribution is 2.28. The average Bonchev–Trinajstić information content (AvgIpc) is 2.68. The predicted octanol–water partition coefficient (Wildman–Crippen LogP) is 3.87. The van der Waals surface area contributed by atoms with Crippen molar-refractivity contribution < 1.29 is 4.79 Å². The van der Waals surface area contributed by atoms with Crippen molar-refractivity contribution in [2.24, 2.45) is 0 Å².